The summed E-state index contributed by atoms with van der Waals surface area (Å²) in [5.41, 5.74) is 0.768. The molecule has 0 unspecified atom stereocenters. The largest absolute Gasteiger partial charge is 0.481 e. The van der Waals surface area contributed by atoms with Crippen molar-refractivity contribution in [3.8, 4) is 0 Å². The van der Waals surface area contributed by atoms with E-state index in [1.54, 1.807) is 4.90 Å². The van der Waals surface area contributed by atoms with E-state index in [0.29, 0.717) is 18.2 Å². The van der Waals surface area contributed by atoms with Crippen molar-refractivity contribution in [2.24, 2.45) is 17.8 Å². The summed E-state index contributed by atoms with van der Waals surface area (Å²) in [6.45, 7) is 0.743. The molecule has 4 rings (SSSR count). The van der Waals surface area contributed by atoms with Crippen LogP contribution in [0.15, 0.2) is 29.2 Å². The van der Waals surface area contributed by atoms with Crippen molar-refractivity contribution < 1.29 is 19.5 Å². The Labute approximate surface area is 150 Å². The smallest absolute Gasteiger partial charge is 0.308 e. The van der Waals surface area contributed by atoms with E-state index in [1.807, 2.05) is 24.3 Å². The van der Waals surface area contributed by atoms with Crippen LogP contribution in [0.5, 0.6) is 0 Å². The second-order valence-corrected chi connectivity index (χ2v) is 8.00. The van der Waals surface area contributed by atoms with Crippen molar-refractivity contribution >= 4 is 35.2 Å². The fourth-order valence-corrected chi connectivity index (χ4v) is 4.79. The quantitative estimate of drug-likeness (QED) is 0.884. The van der Waals surface area contributed by atoms with E-state index >= 15 is 0 Å². The number of amides is 2. The van der Waals surface area contributed by atoms with Crippen LogP contribution < -0.4 is 4.90 Å². The maximum Gasteiger partial charge on any atom is 0.308 e. The lowest BCUT2D eigenvalue weighted by Gasteiger charge is -2.30. The van der Waals surface area contributed by atoms with Gasteiger partial charge in [0.1, 0.15) is 6.54 Å². The van der Waals surface area contributed by atoms with Crippen molar-refractivity contribution in [3.63, 3.8) is 0 Å². The summed E-state index contributed by atoms with van der Waals surface area (Å²) in [4.78, 5) is 40.7. The average molecular weight is 360 g/mol. The molecule has 1 saturated heterocycles. The van der Waals surface area contributed by atoms with Crippen LogP contribution in [-0.2, 0) is 14.4 Å². The highest BCUT2D eigenvalue weighted by Crippen LogP contribution is 2.44. The molecule has 1 aliphatic carbocycles. The Bertz CT molecular complexity index is 734. The summed E-state index contributed by atoms with van der Waals surface area (Å²) in [5, 5.41) is 9.45. The number of nitrogens with zero attached hydrogens (tertiary/aromatic N) is 2. The average Bonchev–Trinajstić information content (AvgIpc) is 3.35. The molecule has 0 aromatic heterocycles. The number of carboxylic acids is 1. The normalized spacial score (nSPS) is 25.8. The van der Waals surface area contributed by atoms with Gasteiger partial charge in [-0.15, -0.1) is 11.8 Å². The number of thioether (sulfide) groups is 1. The first-order valence-corrected chi connectivity index (χ1v) is 9.56. The summed E-state index contributed by atoms with van der Waals surface area (Å²) < 4.78 is 0. The summed E-state index contributed by atoms with van der Waals surface area (Å²) >= 11 is 1.48. The van der Waals surface area contributed by atoms with Crippen molar-refractivity contribution in [3.05, 3.63) is 24.3 Å². The standard InChI is InChI=1S/C18H20N2O4S/c21-16(19-7-12(11-5-6-11)13(8-19)18(23)24)9-20-14-3-1-2-4-15(14)25-10-17(20)22/h1-4,11-13H,5-10H2,(H,23,24)/t12-,13+/m1/s1. The van der Waals surface area contributed by atoms with Crippen LogP contribution in [0, 0.1) is 17.8 Å². The predicted octanol–water partition coefficient (Wildman–Crippen LogP) is 1.69. The maximum absolute atomic E-state index is 12.8. The second-order valence-electron chi connectivity index (χ2n) is 6.98. The molecule has 132 valence electrons. The molecule has 2 heterocycles. The zero-order valence-corrected chi connectivity index (χ0v) is 14.6. The Hall–Kier alpha value is -2.02. The number of para-hydroxylation sites is 1. The lowest BCUT2D eigenvalue weighted by atomic mass is 9.92. The Balaban J connectivity index is 1.49. The fraction of sp³-hybridized carbons (Fsp3) is 0.500. The Morgan fingerprint density at radius 3 is 2.68 bits per heavy atom. The number of benzene rings is 1. The number of rotatable bonds is 4. The highest BCUT2D eigenvalue weighted by atomic mass is 32.2. The number of anilines is 1. The maximum atomic E-state index is 12.8. The second kappa shape index (κ2) is 6.37. The van der Waals surface area contributed by atoms with Gasteiger partial charge in [-0.05, 0) is 36.8 Å². The van der Waals surface area contributed by atoms with Gasteiger partial charge in [-0.1, -0.05) is 12.1 Å². The first-order chi connectivity index (χ1) is 12.0. The van der Waals surface area contributed by atoms with E-state index in [2.05, 4.69) is 0 Å². The fourth-order valence-electron chi connectivity index (χ4n) is 3.86. The van der Waals surface area contributed by atoms with E-state index in [0.717, 1.165) is 23.4 Å². The molecule has 1 N–H and O–H groups in total. The molecule has 25 heavy (non-hydrogen) atoms. The Morgan fingerprint density at radius 1 is 1.20 bits per heavy atom. The van der Waals surface area contributed by atoms with Gasteiger partial charge in [0.05, 0.1) is 17.4 Å². The molecule has 2 fully saturated rings. The summed E-state index contributed by atoms with van der Waals surface area (Å²) in [7, 11) is 0. The van der Waals surface area contributed by atoms with Crippen LogP contribution in [0.4, 0.5) is 5.69 Å². The van der Waals surface area contributed by atoms with Crippen LogP contribution in [0.25, 0.3) is 0 Å². The van der Waals surface area contributed by atoms with E-state index < -0.39 is 11.9 Å². The molecule has 2 atom stereocenters. The van der Waals surface area contributed by atoms with E-state index in [1.165, 1.54) is 16.7 Å². The molecule has 7 heteroatoms. The molecule has 1 saturated carbocycles. The van der Waals surface area contributed by atoms with Crippen LogP contribution in [0.1, 0.15) is 12.8 Å². The van der Waals surface area contributed by atoms with Crippen molar-refractivity contribution in [1.82, 2.24) is 4.90 Å². The van der Waals surface area contributed by atoms with Gasteiger partial charge in [0.25, 0.3) is 0 Å². The summed E-state index contributed by atoms with van der Waals surface area (Å²) in [6.07, 6.45) is 2.12. The molecular formula is C18H20N2O4S. The van der Waals surface area contributed by atoms with Gasteiger partial charge in [-0.25, -0.2) is 0 Å². The number of carboxylic acid groups (broad SMARTS) is 1. The molecule has 1 aromatic rings. The first-order valence-electron chi connectivity index (χ1n) is 8.57. The highest BCUT2D eigenvalue weighted by molar-refractivity contribution is 8.00. The number of hydrogen-bond acceptors (Lipinski definition) is 4. The van der Waals surface area contributed by atoms with Gasteiger partial charge >= 0.3 is 5.97 Å². The van der Waals surface area contributed by atoms with Crippen LogP contribution in [0.2, 0.25) is 0 Å². The predicted molar refractivity (Wildman–Crippen MR) is 93.4 cm³/mol. The molecule has 2 amide bonds. The zero-order chi connectivity index (χ0) is 17.6. The number of fused-ring (bicyclic) bond motifs is 1. The third-order valence-corrected chi connectivity index (χ3v) is 6.41. The minimum Gasteiger partial charge on any atom is -0.481 e. The summed E-state index contributed by atoms with van der Waals surface area (Å²) in [6, 6.07) is 7.57. The first kappa shape index (κ1) is 16.4. The molecule has 1 aromatic carbocycles. The molecule has 0 spiro atoms. The van der Waals surface area contributed by atoms with E-state index in [-0.39, 0.29) is 30.8 Å². The van der Waals surface area contributed by atoms with Crippen LogP contribution >= 0.6 is 11.8 Å². The van der Waals surface area contributed by atoms with Gasteiger partial charge in [0.2, 0.25) is 11.8 Å². The Kier molecular flexibility index (Phi) is 4.19. The summed E-state index contributed by atoms with van der Waals surface area (Å²) in [5.74, 6) is -0.713. The highest BCUT2D eigenvalue weighted by Gasteiger charge is 2.47. The number of carbonyl (C=O) groups excluding carboxylic acids is 2. The van der Waals surface area contributed by atoms with Gasteiger partial charge in [0.15, 0.2) is 0 Å². The zero-order valence-electron chi connectivity index (χ0n) is 13.8. The van der Waals surface area contributed by atoms with Crippen molar-refractivity contribution in [2.75, 3.05) is 30.3 Å². The number of aliphatic carboxylic acids is 1. The number of carbonyl (C=O) groups is 3. The van der Waals surface area contributed by atoms with Crippen LogP contribution in [-0.4, -0.2) is 53.2 Å². The molecular weight excluding hydrogens is 340 g/mol. The molecule has 3 aliphatic rings. The monoisotopic (exact) mass is 360 g/mol. The third kappa shape index (κ3) is 3.13. The molecule has 0 bridgehead atoms. The van der Waals surface area contributed by atoms with Gasteiger partial charge in [-0.3, -0.25) is 14.4 Å². The lowest BCUT2D eigenvalue weighted by molar-refractivity contribution is -0.142. The SMILES string of the molecule is O=C(O)[C@H]1CN(C(=O)CN2C(=O)CSc3ccccc32)C[C@@H]1C1CC1. The number of hydrogen-bond donors (Lipinski definition) is 1. The Morgan fingerprint density at radius 2 is 1.96 bits per heavy atom. The van der Waals surface area contributed by atoms with E-state index in [9.17, 15) is 19.5 Å². The lowest BCUT2D eigenvalue weighted by Crippen LogP contribution is -2.44. The van der Waals surface area contributed by atoms with E-state index in [4.69, 9.17) is 0 Å². The molecule has 2 aliphatic heterocycles. The van der Waals surface area contributed by atoms with Gasteiger partial charge < -0.3 is 14.9 Å². The minimum absolute atomic E-state index is 0.0138. The third-order valence-electron chi connectivity index (χ3n) is 5.36. The van der Waals surface area contributed by atoms with Crippen LogP contribution in [0.3, 0.4) is 0 Å². The topological polar surface area (TPSA) is 77.9 Å². The molecule has 6 nitrogen and oxygen atoms in total. The van der Waals surface area contributed by atoms with Gasteiger partial charge in [-0.2, -0.15) is 0 Å². The molecule has 0 radical (unpaired) electrons. The van der Waals surface area contributed by atoms with Crippen molar-refractivity contribution in [1.29, 1.82) is 0 Å². The number of likely N-dealkylation sites (tertiary alicyclic amines) is 1. The minimum atomic E-state index is -0.817. The van der Waals surface area contributed by atoms with Gasteiger partial charge in [0, 0.05) is 18.0 Å². The van der Waals surface area contributed by atoms with Crippen molar-refractivity contribution in [2.45, 2.75) is 17.7 Å².